The molecule has 19 heavy (non-hydrogen) atoms. The third kappa shape index (κ3) is 2.96. The van der Waals surface area contributed by atoms with E-state index in [-0.39, 0.29) is 11.3 Å². The number of rotatable bonds is 5. The van der Waals surface area contributed by atoms with E-state index in [0.717, 1.165) is 0 Å². The normalized spacial score (nSPS) is 10.7. The largest absolute Gasteiger partial charge is 0.486 e. The summed E-state index contributed by atoms with van der Waals surface area (Å²) in [5, 5.41) is 4.01. The Morgan fingerprint density at radius 1 is 1.47 bits per heavy atom. The minimum atomic E-state index is -2.60. The maximum Gasteiger partial charge on any atom is 0.272 e. The van der Waals surface area contributed by atoms with E-state index in [1.807, 2.05) is 0 Å². The first-order valence-electron chi connectivity index (χ1n) is 5.60. The van der Waals surface area contributed by atoms with E-state index < -0.39 is 13.0 Å². The van der Waals surface area contributed by atoms with Crippen molar-refractivity contribution >= 4 is 6.29 Å². The molecule has 0 aliphatic rings. The summed E-state index contributed by atoms with van der Waals surface area (Å²) in [6.45, 7) is -0.752. The highest BCUT2D eigenvalue weighted by molar-refractivity contribution is 5.85. The second-order valence-electron chi connectivity index (χ2n) is 3.95. The van der Waals surface area contributed by atoms with Crippen molar-refractivity contribution in [3.05, 3.63) is 36.2 Å². The zero-order valence-electron chi connectivity index (χ0n) is 10.2. The first-order valence-corrected chi connectivity index (χ1v) is 5.60. The number of benzene rings is 1. The Balaban J connectivity index is 2.44. The summed E-state index contributed by atoms with van der Waals surface area (Å²) < 4.78 is 31.2. The minimum Gasteiger partial charge on any atom is -0.486 e. The van der Waals surface area contributed by atoms with Crippen LogP contribution in [0.25, 0.3) is 11.1 Å². The number of para-hydroxylation sites is 1. The molecule has 0 atom stereocenters. The highest BCUT2D eigenvalue weighted by Crippen LogP contribution is 2.32. The Hall–Kier alpha value is -2.24. The van der Waals surface area contributed by atoms with Gasteiger partial charge in [-0.3, -0.25) is 9.48 Å². The number of hydrogen-bond donors (Lipinski definition) is 0. The van der Waals surface area contributed by atoms with Crippen LogP contribution in [0.2, 0.25) is 0 Å². The van der Waals surface area contributed by atoms with Crippen LogP contribution in [0.1, 0.15) is 10.4 Å². The fourth-order valence-corrected chi connectivity index (χ4v) is 1.74. The molecule has 1 aromatic heterocycles. The zero-order valence-corrected chi connectivity index (χ0v) is 10.2. The van der Waals surface area contributed by atoms with Crippen molar-refractivity contribution in [2.45, 2.75) is 6.43 Å². The number of halogens is 2. The molecule has 2 rings (SSSR count). The highest BCUT2D eigenvalue weighted by atomic mass is 19.3. The third-order valence-electron chi connectivity index (χ3n) is 2.54. The number of hydrogen-bond acceptors (Lipinski definition) is 3. The van der Waals surface area contributed by atoms with Gasteiger partial charge in [0.25, 0.3) is 6.43 Å². The molecule has 0 unspecified atom stereocenters. The van der Waals surface area contributed by atoms with E-state index >= 15 is 0 Å². The number of ether oxygens (including phenoxy) is 1. The molecule has 0 bridgehead atoms. The van der Waals surface area contributed by atoms with Crippen molar-refractivity contribution in [2.75, 3.05) is 6.61 Å². The molecule has 0 spiro atoms. The van der Waals surface area contributed by atoms with Gasteiger partial charge in [0.1, 0.15) is 12.4 Å². The summed E-state index contributed by atoms with van der Waals surface area (Å²) in [6, 6.07) is 4.89. The van der Waals surface area contributed by atoms with Gasteiger partial charge in [0.15, 0.2) is 6.29 Å². The summed E-state index contributed by atoms with van der Waals surface area (Å²) in [5.74, 6) is 0.158. The first kappa shape index (κ1) is 13.2. The molecule has 4 nitrogen and oxygen atoms in total. The molecule has 0 amide bonds. The molecule has 1 aromatic carbocycles. The zero-order chi connectivity index (χ0) is 13.8. The lowest BCUT2D eigenvalue weighted by molar-refractivity contribution is 0.0812. The topological polar surface area (TPSA) is 44.1 Å². The Morgan fingerprint density at radius 3 is 2.84 bits per heavy atom. The van der Waals surface area contributed by atoms with Gasteiger partial charge in [-0.15, -0.1) is 0 Å². The maximum atomic E-state index is 12.3. The number of carbonyl (C=O) groups is 1. The van der Waals surface area contributed by atoms with Crippen LogP contribution in [0.4, 0.5) is 8.78 Å². The van der Waals surface area contributed by atoms with E-state index in [2.05, 4.69) is 5.10 Å². The highest BCUT2D eigenvalue weighted by Gasteiger charge is 2.14. The molecule has 1 heterocycles. The molecule has 6 heteroatoms. The molecule has 2 aromatic rings. The fourth-order valence-electron chi connectivity index (χ4n) is 1.74. The molecule has 0 radical (unpaired) electrons. The van der Waals surface area contributed by atoms with Gasteiger partial charge < -0.3 is 4.74 Å². The van der Waals surface area contributed by atoms with Crippen molar-refractivity contribution in [1.29, 1.82) is 0 Å². The van der Waals surface area contributed by atoms with E-state index in [0.29, 0.717) is 17.4 Å². The Kier molecular flexibility index (Phi) is 3.89. The average Bonchev–Trinajstić information content (AvgIpc) is 2.82. The quantitative estimate of drug-likeness (QED) is 0.781. The second kappa shape index (κ2) is 5.60. The van der Waals surface area contributed by atoms with Crippen LogP contribution in [0, 0.1) is 0 Å². The summed E-state index contributed by atoms with van der Waals surface area (Å²) in [6.07, 6.45) is 1.29. The van der Waals surface area contributed by atoms with E-state index in [1.165, 1.54) is 6.07 Å². The standard InChI is InChI=1S/C13H12F2N2O2/c1-17-6-10(5-16-17)11-4-2-3-9(7-18)13(11)19-8-12(14)15/h2-7,12H,8H2,1H3. The molecule has 100 valence electrons. The van der Waals surface area contributed by atoms with Gasteiger partial charge in [0.2, 0.25) is 0 Å². The molecule has 0 aliphatic carbocycles. The van der Waals surface area contributed by atoms with Crippen LogP contribution in [0.3, 0.4) is 0 Å². The number of carbonyl (C=O) groups excluding carboxylic acids is 1. The second-order valence-corrected chi connectivity index (χ2v) is 3.95. The number of alkyl halides is 2. The maximum absolute atomic E-state index is 12.3. The number of nitrogens with zero attached hydrogens (tertiary/aromatic N) is 2. The van der Waals surface area contributed by atoms with Crippen LogP contribution < -0.4 is 4.74 Å². The van der Waals surface area contributed by atoms with Gasteiger partial charge in [-0.1, -0.05) is 12.1 Å². The van der Waals surface area contributed by atoms with Gasteiger partial charge in [0.05, 0.1) is 11.8 Å². The first-order chi connectivity index (χ1) is 9.11. The predicted octanol–water partition coefficient (Wildman–Crippen LogP) is 2.54. The van der Waals surface area contributed by atoms with Gasteiger partial charge in [-0.25, -0.2) is 8.78 Å². The van der Waals surface area contributed by atoms with Gasteiger partial charge in [0, 0.05) is 24.4 Å². The average molecular weight is 266 g/mol. The van der Waals surface area contributed by atoms with Crippen molar-refractivity contribution < 1.29 is 18.3 Å². The predicted molar refractivity (Wildman–Crippen MR) is 65.5 cm³/mol. The van der Waals surface area contributed by atoms with Crippen molar-refractivity contribution in [2.24, 2.45) is 7.05 Å². The SMILES string of the molecule is Cn1cc(-c2cccc(C=O)c2OCC(F)F)cn1. The minimum absolute atomic E-state index is 0.158. The molecular weight excluding hydrogens is 254 g/mol. The van der Waals surface area contributed by atoms with Crippen LogP contribution in [0.5, 0.6) is 5.75 Å². The molecule has 0 saturated carbocycles. The molecule has 0 aliphatic heterocycles. The lowest BCUT2D eigenvalue weighted by atomic mass is 10.0. The van der Waals surface area contributed by atoms with Gasteiger partial charge >= 0.3 is 0 Å². The molecule has 0 N–H and O–H groups in total. The van der Waals surface area contributed by atoms with Crippen LogP contribution in [0.15, 0.2) is 30.6 Å². The van der Waals surface area contributed by atoms with Crippen molar-refractivity contribution in [3.63, 3.8) is 0 Å². The smallest absolute Gasteiger partial charge is 0.272 e. The fraction of sp³-hybridized carbons (Fsp3) is 0.231. The summed E-state index contributed by atoms with van der Waals surface area (Å²) >= 11 is 0. The summed E-state index contributed by atoms with van der Waals surface area (Å²) in [7, 11) is 1.74. The van der Waals surface area contributed by atoms with Gasteiger partial charge in [-0.05, 0) is 6.07 Å². The van der Waals surface area contributed by atoms with Crippen LogP contribution >= 0.6 is 0 Å². The Bertz CT molecular complexity index is 582. The Labute approximate surface area is 108 Å². The molecule has 0 saturated heterocycles. The Morgan fingerprint density at radius 2 is 2.26 bits per heavy atom. The van der Waals surface area contributed by atoms with E-state index in [9.17, 15) is 13.6 Å². The van der Waals surface area contributed by atoms with Crippen LogP contribution in [-0.4, -0.2) is 29.1 Å². The molecular formula is C13H12F2N2O2. The van der Waals surface area contributed by atoms with Crippen molar-refractivity contribution in [1.82, 2.24) is 9.78 Å². The number of aromatic nitrogens is 2. The van der Waals surface area contributed by atoms with Gasteiger partial charge in [-0.2, -0.15) is 5.10 Å². The summed E-state index contributed by atoms with van der Waals surface area (Å²) in [5.41, 5.74) is 1.51. The van der Waals surface area contributed by atoms with E-state index in [1.54, 1.807) is 36.3 Å². The summed E-state index contributed by atoms with van der Waals surface area (Å²) in [4.78, 5) is 11.0. The monoisotopic (exact) mass is 266 g/mol. The number of aldehydes is 1. The van der Waals surface area contributed by atoms with Crippen molar-refractivity contribution in [3.8, 4) is 16.9 Å². The lowest BCUT2D eigenvalue weighted by Gasteiger charge is -2.12. The third-order valence-corrected chi connectivity index (χ3v) is 2.54. The number of aryl methyl sites for hydroxylation is 1. The molecule has 0 fully saturated rings. The lowest BCUT2D eigenvalue weighted by Crippen LogP contribution is -2.09. The van der Waals surface area contributed by atoms with Crippen LogP contribution in [-0.2, 0) is 7.05 Å². The van der Waals surface area contributed by atoms with E-state index in [4.69, 9.17) is 4.74 Å².